The lowest BCUT2D eigenvalue weighted by Crippen LogP contribution is -2.59. The number of rotatable bonds is 5. The Hall–Kier alpha value is -3.92. The summed E-state index contributed by atoms with van der Waals surface area (Å²) in [6.45, 7) is 2.95. The van der Waals surface area contributed by atoms with E-state index in [9.17, 15) is 9.18 Å². The van der Waals surface area contributed by atoms with Crippen molar-refractivity contribution in [2.75, 3.05) is 13.2 Å². The quantitative estimate of drug-likeness (QED) is 0.519. The molecule has 32 heavy (non-hydrogen) atoms. The Balaban J connectivity index is 1.39. The van der Waals surface area contributed by atoms with Gasteiger partial charge in [0.1, 0.15) is 35.0 Å². The van der Waals surface area contributed by atoms with Crippen LogP contribution in [0, 0.1) is 5.82 Å². The number of benzene rings is 1. The van der Waals surface area contributed by atoms with Gasteiger partial charge < -0.3 is 10.1 Å². The second-order valence-electron chi connectivity index (χ2n) is 8.00. The molecule has 4 aromatic rings. The van der Waals surface area contributed by atoms with Gasteiger partial charge in [-0.2, -0.15) is 0 Å². The average Bonchev–Trinajstić information content (AvgIpc) is 3.40. The van der Waals surface area contributed by atoms with E-state index >= 15 is 0 Å². The lowest BCUT2D eigenvalue weighted by Gasteiger charge is -2.38. The largest absolute Gasteiger partial charge is 0.376 e. The zero-order chi connectivity index (χ0) is 22.3. The van der Waals surface area contributed by atoms with E-state index in [2.05, 4.69) is 25.6 Å². The number of carbonyl (C=O) groups excluding carboxylic acids is 1. The topological polar surface area (TPSA) is 99.8 Å². The molecule has 1 N–H and O–H groups in total. The number of halogens is 1. The van der Waals surface area contributed by atoms with E-state index in [1.807, 2.05) is 6.92 Å². The van der Waals surface area contributed by atoms with Crippen molar-refractivity contribution in [3.8, 4) is 28.5 Å². The first-order valence-electron chi connectivity index (χ1n) is 9.99. The molecular formula is C22H20FN7O2. The fourth-order valence-corrected chi connectivity index (χ4v) is 3.52. The van der Waals surface area contributed by atoms with Gasteiger partial charge in [-0.05, 0) is 43.3 Å². The number of pyridine rings is 1. The summed E-state index contributed by atoms with van der Waals surface area (Å²) < 4.78 is 21.8. The van der Waals surface area contributed by atoms with Crippen LogP contribution in [0.2, 0.25) is 0 Å². The van der Waals surface area contributed by atoms with E-state index in [1.54, 1.807) is 53.1 Å². The molecule has 0 saturated carbocycles. The number of aromatic nitrogens is 6. The minimum atomic E-state index is -0.325. The molecule has 0 atom stereocenters. The summed E-state index contributed by atoms with van der Waals surface area (Å²) in [6.07, 6.45) is 4.97. The van der Waals surface area contributed by atoms with Crippen LogP contribution in [-0.4, -0.2) is 54.2 Å². The van der Waals surface area contributed by atoms with Gasteiger partial charge in [0.2, 0.25) is 0 Å². The van der Waals surface area contributed by atoms with Crippen LogP contribution in [0.1, 0.15) is 17.3 Å². The summed E-state index contributed by atoms with van der Waals surface area (Å²) >= 11 is 0. The number of imidazole rings is 1. The predicted octanol–water partition coefficient (Wildman–Crippen LogP) is 2.39. The third-order valence-electron chi connectivity index (χ3n) is 5.30. The van der Waals surface area contributed by atoms with Gasteiger partial charge in [-0.25, -0.2) is 19.0 Å². The fourth-order valence-electron chi connectivity index (χ4n) is 3.52. The lowest BCUT2D eigenvalue weighted by molar-refractivity contribution is -0.0593. The summed E-state index contributed by atoms with van der Waals surface area (Å²) in [5.74, 6) is 0.102. The maximum Gasteiger partial charge on any atom is 0.253 e. The summed E-state index contributed by atoms with van der Waals surface area (Å²) in [5.41, 5.74) is 2.82. The molecule has 0 bridgehead atoms. The van der Waals surface area contributed by atoms with Crippen molar-refractivity contribution in [2.24, 2.45) is 7.05 Å². The van der Waals surface area contributed by atoms with Crippen molar-refractivity contribution in [1.29, 1.82) is 0 Å². The van der Waals surface area contributed by atoms with E-state index in [4.69, 9.17) is 4.74 Å². The molecule has 0 spiro atoms. The third-order valence-corrected chi connectivity index (χ3v) is 5.30. The minimum Gasteiger partial charge on any atom is -0.376 e. The number of hydrogen-bond acceptors (Lipinski definition) is 6. The molecule has 10 heteroatoms. The molecule has 1 aromatic carbocycles. The zero-order valence-electron chi connectivity index (χ0n) is 17.5. The standard InChI is InChI=1S/C22H20FN7O2/c1-22(11-32-12-22)26-21(31)15-5-8-18(24-9-15)30-10-17(25-13-30)20-19(27-28-29(20)2)14-3-6-16(23)7-4-14/h3-10,13H,11-12H2,1-2H3,(H,26,31). The van der Waals surface area contributed by atoms with Gasteiger partial charge in [-0.3, -0.25) is 9.36 Å². The van der Waals surface area contributed by atoms with Crippen molar-refractivity contribution in [1.82, 2.24) is 34.8 Å². The van der Waals surface area contributed by atoms with Crippen LogP contribution < -0.4 is 5.32 Å². The summed E-state index contributed by atoms with van der Waals surface area (Å²) in [6, 6.07) is 9.54. The first kappa shape index (κ1) is 20.0. The van der Waals surface area contributed by atoms with Gasteiger partial charge >= 0.3 is 0 Å². The second kappa shape index (κ2) is 7.65. The highest BCUT2D eigenvalue weighted by Gasteiger charge is 2.35. The Kier molecular flexibility index (Phi) is 4.78. The number of aryl methyl sites for hydroxylation is 1. The van der Waals surface area contributed by atoms with Crippen molar-refractivity contribution in [3.05, 3.63) is 66.5 Å². The summed E-state index contributed by atoms with van der Waals surface area (Å²) in [7, 11) is 1.77. The zero-order valence-corrected chi connectivity index (χ0v) is 17.5. The molecule has 1 aliphatic heterocycles. The van der Waals surface area contributed by atoms with Crippen LogP contribution in [0.4, 0.5) is 4.39 Å². The number of nitrogens with zero attached hydrogens (tertiary/aromatic N) is 6. The normalized spacial score (nSPS) is 14.7. The number of amides is 1. The Morgan fingerprint density at radius 2 is 1.94 bits per heavy atom. The van der Waals surface area contributed by atoms with Crippen LogP contribution >= 0.6 is 0 Å². The molecular weight excluding hydrogens is 413 g/mol. The maximum atomic E-state index is 13.3. The lowest BCUT2D eigenvalue weighted by atomic mass is 10.0. The van der Waals surface area contributed by atoms with Crippen LogP contribution in [0.3, 0.4) is 0 Å². The van der Waals surface area contributed by atoms with E-state index < -0.39 is 0 Å². The van der Waals surface area contributed by atoms with E-state index in [-0.39, 0.29) is 17.3 Å². The Morgan fingerprint density at radius 3 is 2.59 bits per heavy atom. The van der Waals surface area contributed by atoms with Gasteiger partial charge in [-0.1, -0.05) is 5.21 Å². The SMILES string of the molecule is Cn1nnc(-c2ccc(F)cc2)c1-c1cn(-c2ccc(C(=O)NC3(C)COC3)cn2)cn1. The van der Waals surface area contributed by atoms with Crippen molar-refractivity contribution >= 4 is 5.91 Å². The van der Waals surface area contributed by atoms with E-state index in [0.29, 0.717) is 41.7 Å². The number of nitrogens with one attached hydrogen (secondary N) is 1. The van der Waals surface area contributed by atoms with Gasteiger partial charge in [0.15, 0.2) is 0 Å². The third kappa shape index (κ3) is 3.65. The number of hydrogen-bond donors (Lipinski definition) is 1. The molecule has 0 aliphatic carbocycles. The number of ether oxygens (including phenoxy) is 1. The summed E-state index contributed by atoms with van der Waals surface area (Å²) in [4.78, 5) is 21.3. The van der Waals surface area contributed by atoms with Gasteiger partial charge in [0.05, 0.1) is 24.3 Å². The second-order valence-corrected chi connectivity index (χ2v) is 8.00. The maximum absolute atomic E-state index is 13.3. The van der Waals surface area contributed by atoms with E-state index in [1.165, 1.54) is 18.3 Å². The average molecular weight is 433 g/mol. The molecule has 1 aliphatic rings. The monoisotopic (exact) mass is 433 g/mol. The van der Waals surface area contributed by atoms with Gasteiger partial charge in [0, 0.05) is 25.0 Å². The molecule has 0 unspecified atom stereocenters. The predicted molar refractivity (Wildman–Crippen MR) is 113 cm³/mol. The highest BCUT2D eigenvalue weighted by atomic mass is 19.1. The van der Waals surface area contributed by atoms with Gasteiger partial charge in [-0.15, -0.1) is 5.10 Å². The molecule has 5 rings (SSSR count). The van der Waals surface area contributed by atoms with Crippen molar-refractivity contribution < 1.29 is 13.9 Å². The summed E-state index contributed by atoms with van der Waals surface area (Å²) in [5, 5.41) is 11.3. The first-order valence-corrected chi connectivity index (χ1v) is 9.99. The molecule has 4 heterocycles. The molecule has 1 fully saturated rings. The van der Waals surface area contributed by atoms with Gasteiger partial charge in [0.25, 0.3) is 5.91 Å². The fraction of sp³-hybridized carbons (Fsp3) is 0.227. The molecule has 0 radical (unpaired) electrons. The van der Waals surface area contributed by atoms with Crippen LogP contribution in [0.15, 0.2) is 55.1 Å². The highest BCUT2D eigenvalue weighted by molar-refractivity contribution is 5.94. The molecule has 162 valence electrons. The Labute approximate surface area is 182 Å². The molecule has 9 nitrogen and oxygen atoms in total. The van der Waals surface area contributed by atoms with E-state index in [0.717, 1.165) is 5.56 Å². The Morgan fingerprint density at radius 1 is 1.16 bits per heavy atom. The molecule has 1 amide bonds. The molecule has 1 saturated heterocycles. The minimum absolute atomic E-state index is 0.189. The highest BCUT2D eigenvalue weighted by Crippen LogP contribution is 2.29. The van der Waals surface area contributed by atoms with Crippen molar-refractivity contribution in [3.63, 3.8) is 0 Å². The van der Waals surface area contributed by atoms with Crippen LogP contribution in [0.25, 0.3) is 28.5 Å². The first-order chi connectivity index (χ1) is 15.4. The number of carbonyl (C=O) groups is 1. The van der Waals surface area contributed by atoms with Crippen LogP contribution in [0.5, 0.6) is 0 Å². The Bertz CT molecular complexity index is 1270. The molecule has 3 aromatic heterocycles. The van der Waals surface area contributed by atoms with Crippen LogP contribution in [-0.2, 0) is 11.8 Å². The van der Waals surface area contributed by atoms with Crippen molar-refractivity contribution in [2.45, 2.75) is 12.5 Å². The smallest absolute Gasteiger partial charge is 0.253 e.